The van der Waals surface area contributed by atoms with Crippen LogP contribution in [-0.2, 0) is 16.8 Å². The summed E-state index contributed by atoms with van der Waals surface area (Å²) in [6.07, 6.45) is 1.80. The summed E-state index contributed by atoms with van der Waals surface area (Å²) in [7, 11) is 1.61. The number of carbonyl (C=O) groups is 1. The lowest BCUT2D eigenvalue weighted by atomic mass is 9.85. The summed E-state index contributed by atoms with van der Waals surface area (Å²) < 4.78 is 5.25. The Morgan fingerprint density at radius 3 is 2.75 bits per heavy atom. The van der Waals surface area contributed by atoms with Crippen LogP contribution in [0.25, 0.3) is 0 Å². The van der Waals surface area contributed by atoms with Crippen LogP contribution in [0, 0.1) is 0 Å². The molecule has 1 unspecified atom stereocenters. The molecule has 0 aromatic heterocycles. The number of rotatable bonds is 4. The van der Waals surface area contributed by atoms with Crippen LogP contribution in [0.1, 0.15) is 24.0 Å². The first-order valence-corrected chi connectivity index (χ1v) is 8.29. The highest BCUT2D eigenvalue weighted by Gasteiger charge is 2.36. The second-order valence-electron chi connectivity index (χ2n) is 6.34. The molecular weight excluding hydrogens is 302 g/mol. The second-order valence-corrected chi connectivity index (χ2v) is 6.34. The van der Waals surface area contributed by atoms with Crippen LogP contribution in [0.3, 0.4) is 0 Å². The van der Waals surface area contributed by atoms with Crippen molar-refractivity contribution in [1.29, 1.82) is 0 Å². The average molecular weight is 325 g/mol. The zero-order chi connectivity index (χ0) is 17.0. The Bertz CT molecular complexity index is 701. The molecule has 1 aliphatic heterocycles. The lowest BCUT2D eigenvalue weighted by molar-refractivity contribution is -0.138. The SMILES string of the molecule is COc1cccc(C2(O)CCCN(C(=O)Cc3ccccc3)C2)c1. The number of likely N-dealkylation sites (tertiary alicyclic amines) is 1. The van der Waals surface area contributed by atoms with Crippen molar-refractivity contribution in [1.82, 2.24) is 4.90 Å². The molecule has 1 aliphatic rings. The highest BCUT2D eigenvalue weighted by Crippen LogP contribution is 2.33. The zero-order valence-electron chi connectivity index (χ0n) is 13.9. The maximum Gasteiger partial charge on any atom is 0.227 e. The van der Waals surface area contributed by atoms with Crippen molar-refractivity contribution in [2.75, 3.05) is 20.2 Å². The molecule has 1 N–H and O–H groups in total. The predicted molar refractivity (Wildman–Crippen MR) is 92.9 cm³/mol. The smallest absolute Gasteiger partial charge is 0.227 e. The van der Waals surface area contributed by atoms with Gasteiger partial charge in [-0.25, -0.2) is 0 Å². The zero-order valence-corrected chi connectivity index (χ0v) is 13.9. The number of carbonyl (C=O) groups excluding carboxylic acids is 1. The van der Waals surface area contributed by atoms with Gasteiger partial charge in [0, 0.05) is 6.54 Å². The topological polar surface area (TPSA) is 49.8 Å². The van der Waals surface area contributed by atoms with Crippen molar-refractivity contribution >= 4 is 5.91 Å². The second kappa shape index (κ2) is 7.05. The largest absolute Gasteiger partial charge is 0.497 e. The minimum absolute atomic E-state index is 0.0576. The number of ether oxygens (including phenoxy) is 1. The van der Waals surface area contributed by atoms with Crippen LogP contribution >= 0.6 is 0 Å². The molecule has 0 spiro atoms. The molecule has 4 nitrogen and oxygen atoms in total. The van der Waals surface area contributed by atoms with E-state index in [1.165, 1.54) is 0 Å². The highest BCUT2D eigenvalue weighted by molar-refractivity contribution is 5.79. The monoisotopic (exact) mass is 325 g/mol. The molecule has 3 rings (SSSR count). The number of piperidine rings is 1. The van der Waals surface area contributed by atoms with Crippen LogP contribution in [0.15, 0.2) is 54.6 Å². The third kappa shape index (κ3) is 3.60. The molecule has 2 aromatic rings. The van der Waals surface area contributed by atoms with Gasteiger partial charge in [-0.05, 0) is 36.1 Å². The summed E-state index contributed by atoms with van der Waals surface area (Å²) >= 11 is 0. The predicted octanol–water partition coefficient (Wildman–Crippen LogP) is 2.75. The molecular formula is C20H23NO3. The van der Waals surface area contributed by atoms with Gasteiger partial charge in [-0.1, -0.05) is 42.5 Å². The molecule has 24 heavy (non-hydrogen) atoms. The number of benzene rings is 2. The Kier molecular flexibility index (Phi) is 4.86. The molecule has 1 saturated heterocycles. The average Bonchev–Trinajstić information content (AvgIpc) is 2.62. The van der Waals surface area contributed by atoms with Crippen LogP contribution in [0.5, 0.6) is 5.75 Å². The van der Waals surface area contributed by atoms with Gasteiger partial charge in [-0.15, -0.1) is 0 Å². The van der Waals surface area contributed by atoms with Gasteiger partial charge in [0.05, 0.1) is 20.1 Å². The van der Waals surface area contributed by atoms with Gasteiger partial charge >= 0.3 is 0 Å². The van der Waals surface area contributed by atoms with E-state index < -0.39 is 5.60 Å². The maximum absolute atomic E-state index is 12.6. The van der Waals surface area contributed by atoms with Crippen molar-refractivity contribution in [2.45, 2.75) is 24.9 Å². The lowest BCUT2D eigenvalue weighted by Crippen LogP contribution is -2.49. The molecule has 0 bridgehead atoms. The minimum Gasteiger partial charge on any atom is -0.497 e. The fraction of sp³-hybridized carbons (Fsp3) is 0.350. The fourth-order valence-corrected chi connectivity index (χ4v) is 3.28. The van der Waals surface area contributed by atoms with Gasteiger partial charge in [-0.3, -0.25) is 4.79 Å². The highest BCUT2D eigenvalue weighted by atomic mass is 16.5. The standard InChI is InChI=1S/C20H23NO3/c1-24-18-10-5-9-17(14-18)20(23)11-6-12-21(15-20)19(22)13-16-7-3-2-4-8-16/h2-5,7-10,14,23H,6,11-13,15H2,1H3. The molecule has 126 valence electrons. The Morgan fingerprint density at radius 2 is 2.00 bits per heavy atom. The van der Waals surface area contributed by atoms with E-state index in [2.05, 4.69) is 0 Å². The van der Waals surface area contributed by atoms with Gasteiger partial charge in [0.2, 0.25) is 5.91 Å². The van der Waals surface area contributed by atoms with Crippen LogP contribution < -0.4 is 4.74 Å². The Labute approximate surface area is 142 Å². The van der Waals surface area contributed by atoms with Crippen LogP contribution in [-0.4, -0.2) is 36.1 Å². The molecule has 1 heterocycles. The third-order valence-electron chi connectivity index (χ3n) is 4.63. The molecule has 0 saturated carbocycles. The van der Waals surface area contributed by atoms with E-state index in [0.717, 1.165) is 17.5 Å². The summed E-state index contributed by atoms with van der Waals surface area (Å²) in [5, 5.41) is 11.1. The summed E-state index contributed by atoms with van der Waals surface area (Å²) in [6.45, 7) is 1.02. The Morgan fingerprint density at radius 1 is 1.21 bits per heavy atom. The van der Waals surface area contributed by atoms with E-state index >= 15 is 0 Å². The normalized spacial score (nSPS) is 20.7. The maximum atomic E-state index is 12.6. The first-order chi connectivity index (χ1) is 11.6. The number of hydrogen-bond donors (Lipinski definition) is 1. The van der Waals surface area contributed by atoms with Gasteiger partial charge in [0.15, 0.2) is 0 Å². The van der Waals surface area contributed by atoms with Gasteiger partial charge < -0.3 is 14.7 Å². The Hall–Kier alpha value is -2.33. The van der Waals surface area contributed by atoms with E-state index in [-0.39, 0.29) is 5.91 Å². The summed E-state index contributed by atoms with van der Waals surface area (Å²) in [4.78, 5) is 14.4. The van der Waals surface area contributed by atoms with Crippen molar-refractivity contribution in [2.24, 2.45) is 0 Å². The molecule has 2 aromatic carbocycles. The summed E-state index contributed by atoms with van der Waals surface area (Å²) in [6, 6.07) is 17.2. The first kappa shape index (κ1) is 16.5. The number of hydrogen-bond acceptors (Lipinski definition) is 3. The molecule has 4 heteroatoms. The van der Waals surface area contributed by atoms with E-state index in [0.29, 0.717) is 31.7 Å². The fourth-order valence-electron chi connectivity index (χ4n) is 3.28. The number of β-amino-alcohol motifs (C(OH)–C–C–N with tert-alkyl or cyclic N) is 1. The third-order valence-corrected chi connectivity index (χ3v) is 4.63. The lowest BCUT2D eigenvalue weighted by Gasteiger charge is -2.39. The minimum atomic E-state index is -1.01. The van der Waals surface area contributed by atoms with Crippen molar-refractivity contribution < 1.29 is 14.6 Å². The van der Waals surface area contributed by atoms with Crippen LogP contribution in [0.2, 0.25) is 0 Å². The van der Waals surface area contributed by atoms with Crippen LogP contribution in [0.4, 0.5) is 0 Å². The number of amides is 1. The summed E-state index contributed by atoms with van der Waals surface area (Å²) in [5.74, 6) is 0.774. The van der Waals surface area contributed by atoms with Crippen molar-refractivity contribution in [3.63, 3.8) is 0 Å². The number of aliphatic hydroxyl groups is 1. The molecule has 1 amide bonds. The molecule has 0 radical (unpaired) electrons. The van der Waals surface area contributed by atoms with Gasteiger partial charge in [0.25, 0.3) is 0 Å². The molecule has 0 aliphatic carbocycles. The quantitative estimate of drug-likeness (QED) is 0.940. The number of methoxy groups -OCH3 is 1. The van der Waals surface area contributed by atoms with Gasteiger partial charge in [0.1, 0.15) is 11.4 Å². The first-order valence-electron chi connectivity index (χ1n) is 8.29. The Balaban J connectivity index is 1.74. The van der Waals surface area contributed by atoms with Crippen molar-refractivity contribution in [3.05, 3.63) is 65.7 Å². The van der Waals surface area contributed by atoms with E-state index in [1.807, 2.05) is 54.6 Å². The van der Waals surface area contributed by atoms with E-state index in [9.17, 15) is 9.90 Å². The van der Waals surface area contributed by atoms with E-state index in [4.69, 9.17) is 4.74 Å². The molecule has 1 atom stereocenters. The summed E-state index contributed by atoms with van der Waals surface area (Å²) in [5.41, 5.74) is 0.788. The number of nitrogens with zero attached hydrogens (tertiary/aromatic N) is 1. The van der Waals surface area contributed by atoms with E-state index in [1.54, 1.807) is 12.0 Å². The van der Waals surface area contributed by atoms with Gasteiger partial charge in [-0.2, -0.15) is 0 Å². The molecule has 1 fully saturated rings. The van der Waals surface area contributed by atoms with Crippen molar-refractivity contribution in [3.8, 4) is 5.75 Å².